The van der Waals surface area contributed by atoms with Crippen molar-refractivity contribution in [2.45, 2.75) is 13.3 Å². The Balaban J connectivity index is 1.90. The van der Waals surface area contributed by atoms with Gasteiger partial charge in [-0.15, -0.1) is 11.3 Å². The van der Waals surface area contributed by atoms with Crippen LogP contribution < -0.4 is 4.90 Å². The summed E-state index contributed by atoms with van der Waals surface area (Å²) in [6.07, 6.45) is 3.01. The van der Waals surface area contributed by atoms with Gasteiger partial charge in [-0.25, -0.2) is 4.98 Å². The molecule has 1 aliphatic heterocycles. The van der Waals surface area contributed by atoms with Gasteiger partial charge in [-0.1, -0.05) is 35.9 Å². The van der Waals surface area contributed by atoms with Crippen molar-refractivity contribution < 1.29 is 0 Å². The summed E-state index contributed by atoms with van der Waals surface area (Å²) in [7, 11) is 0. The summed E-state index contributed by atoms with van der Waals surface area (Å²) >= 11 is 1.72. The second kappa shape index (κ2) is 4.94. The predicted octanol–water partition coefficient (Wildman–Crippen LogP) is 3.83. The molecule has 0 N–H and O–H groups in total. The molecule has 1 aliphatic rings. The van der Waals surface area contributed by atoms with Crippen molar-refractivity contribution in [1.82, 2.24) is 4.98 Å². The lowest BCUT2D eigenvalue weighted by atomic mass is 9.95. The Labute approximate surface area is 112 Å². The molecule has 3 rings (SSSR count). The van der Waals surface area contributed by atoms with Crippen LogP contribution in [0.2, 0.25) is 0 Å². The number of thiazole rings is 1. The van der Waals surface area contributed by atoms with Crippen LogP contribution in [0.15, 0.2) is 47.5 Å². The van der Waals surface area contributed by atoms with E-state index in [2.05, 4.69) is 47.1 Å². The molecule has 0 radical (unpaired) electrons. The zero-order chi connectivity index (χ0) is 12.4. The van der Waals surface area contributed by atoms with Crippen LogP contribution in [-0.4, -0.2) is 18.1 Å². The molecule has 0 saturated carbocycles. The number of hydrogen-bond donors (Lipinski definition) is 0. The molecule has 0 spiro atoms. The maximum atomic E-state index is 4.41. The van der Waals surface area contributed by atoms with Crippen LogP contribution in [0.5, 0.6) is 0 Å². The first kappa shape index (κ1) is 11.5. The zero-order valence-corrected chi connectivity index (χ0v) is 11.3. The van der Waals surface area contributed by atoms with Crippen LogP contribution in [0.1, 0.15) is 18.9 Å². The van der Waals surface area contributed by atoms with Crippen molar-refractivity contribution in [3.8, 4) is 0 Å². The molecule has 0 aliphatic carbocycles. The standard InChI is InChI=1S/C15H16N2S/c1-12-7-9-17(15-16-8-10-18-15)11-14(12)13-5-3-2-4-6-13/h2-6,8,10H,7,9,11H2,1H3. The number of rotatable bonds is 2. The number of benzene rings is 1. The molecule has 3 heteroatoms. The first-order valence-electron chi connectivity index (χ1n) is 6.23. The van der Waals surface area contributed by atoms with Crippen LogP contribution in [0.25, 0.3) is 5.57 Å². The Morgan fingerprint density at radius 2 is 2.06 bits per heavy atom. The fourth-order valence-electron chi connectivity index (χ4n) is 2.37. The summed E-state index contributed by atoms with van der Waals surface area (Å²) in [4.78, 5) is 6.79. The maximum Gasteiger partial charge on any atom is 0.185 e. The summed E-state index contributed by atoms with van der Waals surface area (Å²) in [6, 6.07) is 10.7. The van der Waals surface area contributed by atoms with Gasteiger partial charge < -0.3 is 4.90 Å². The van der Waals surface area contributed by atoms with Crippen molar-refractivity contribution in [2.24, 2.45) is 0 Å². The first-order chi connectivity index (χ1) is 8.84. The number of nitrogens with zero attached hydrogens (tertiary/aromatic N) is 2. The molecule has 2 heterocycles. The minimum atomic E-state index is 0.976. The lowest BCUT2D eigenvalue weighted by Crippen LogP contribution is -2.30. The van der Waals surface area contributed by atoms with Gasteiger partial charge in [-0.05, 0) is 24.5 Å². The Kier molecular flexibility index (Phi) is 3.15. The van der Waals surface area contributed by atoms with Gasteiger partial charge in [0, 0.05) is 24.7 Å². The summed E-state index contributed by atoms with van der Waals surface area (Å²) in [5.41, 5.74) is 4.31. The van der Waals surface area contributed by atoms with E-state index in [1.165, 1.54) is 16.7 Å². The highest BCUT2D eigenvalue weighted by Crippen LogP contribution is 2.30. The second-order valence-electron chi connectivity index (χ2n) is 4.61. The quantitative estimate of drug-likeness (QED) is 0.812. The van der Waals surface area contributed by atoms with E-state index in [-0.39, 0.29) is 0 Å². The van der Waals surface area contributed by atoms with Gasteiger partial charge in [-0.2, -0.15) is 0 Å². The highest BCUT2D eigenvalue weighted by atomic mass is 32.1. The molecule has 92 valence electrons. The predicted molar refractivity (Wildman–Crippen MR) is 78.0 cm³/mol. The van der Waals surface area contributed by atoms with Gasteiger partial charge in [0.15, 0.2) is 5.13 Å². The number of anilines is 1. The molecular formula is C15H16N2S. The van der Waals surface area contributed by atoms with Gasteiger partial charge >= 0.3 is 0 Å². The van der Waals surface area contributed by atoms with Crippen LogP contribution >= 0.6 is 11.3 Å². The molecule has 2 nitrogen and oxygen atoms in total. The van der Waals surface area contributed by atoms with E-state index in [9.17, 15) is 0 Å². The van der Waals surface area contributed by atoms with Gasteiger partial charge in [0.25, 0.3) is 0 Å². The van der Waals surface area contributed by atoms with E-state index in [4.69, 9.17) is 0 Å². The minimum Gasteiger partial charge on any atom is -0.343 e. The molecule has 0 atom stereocenters. The Bertz CT molecular complexity index is 543. The third-order valence-electron chi connectivity index (χ3n) is 3.43. The molecule has 1 aromatic heterocycles. The minimum absolute atomic E-state index is 0.976. The summed E-state index contributed by atoms with van der Waals surface area (Å²) < 4.78 is 0. The van der Waals surface area contributed by atoms with Gasteiger partial charge in [-0.3, -0.25) is 0 Å². The van der Waals surface area contributed by atoms with E-state index >= 15 is 0 Å². The average molecular weight is 256 g/mol. The lowest BCUT2D eigenvalue weighted by molar-refractivity contribution is 0.796. The van der Waals surface area contributed by atoms with E-state index in [1.54, 1.807) is 11.3 Å². The molecule has 18 heavy (non-hydrogen) atoms. The maximum absolute atomic E-state index is 4.41. The Morgan fingerprint density at radius 1 is 1.22 bits per heavy atom. The van der Waals surface area contributed by atoms with Crippen molar-refractivity contribution in [2.75, 3.05) is 18.0 Å². The van der Waals surface area contributed by atoms with Gasteiger partial charge in [0.1, 0.15) is 0 Å². The monoisotopic (exact) mass is 256 g/mol. The van der Waals surface area contributed by atoms with Crippen LogP contribution in [-0.2, 0) is 0 Å². The number of aromatic nitrogens is 1. The largest absolute Gasteiger partial charge is 0.343 e. The van der Waals surface area contributed by atoms with Crippen molar-refractivity contribution >= 4 is 22.0 Å². The summed E-state index contributed by atoms with van der Waals surface area (Å²) in [5, 5.41) is 3.18. The smallest absolute Gasteiger partial charge is 0.185 e. The number of hydrogen-bond acceptors (Lipinski definition) is 3. The Hall–Kier alpha value is -1.61. The van der Waals surface area contributed by atoms with Gasteiger partial charge in [0.05, 0.1) is 0 Å². The van der Waals surface area contributed by atoms with Crippen LogP contribution in [0, 0.1) is 0 Å². The zero-order valence-electron chi connectivity index (χ0n) is 10.5. The SMILES string of the molecule is CC1=C(c2ccccc2)CN(c2nccs2)CC1. The van der Waals surface area contributed by atoms with Gasteiger partial charge in [0.2, 0.25) is 0 Å². The van der Waals surface area contributed by atoms with Crippen molar-refractivity contribution in [3.05, 3.63) is 53.0 Å². The Morgan fingerprint density at radius 3 is 2.78 bits per heavy atom. The molecule has 0 bridgehead atoms. The van der Waals surface area contributed by atoms with Crippen LogP contribution in [0.4, 0.5) is 5.13 Å². The first-order valence-corrected chi connectivity index (χ1v) is 7.11. The van der Waals surface area contributed by atoms with E-state index in [0.717, 1.165) is 24.6 Å². The van der Waals surface area contributed by atoms with Crippen LogP contribution in [0.3, 0.4) is 0 Å². The van der Waals surface area contributed by atoms with Crippen molar-refractivity contribution in [1.29, 1.82) is 0 Å². The molecule has 1 aromatic carbocycles. The normalized spacial score (nSPS) is 16.2. The molecule has 0 unspecified atom stereocenters. The third kappa shape index (κ3) is 2.18. The summed E-state index contributed by atoms with van der Waals surface area (Å²) in [5.74, 6) is 0. The van der Waals surface area contributed by atoms with Crippen molar-refractivity contribution in [3.63, 3.8) is 0 Å². The molecule has 2 aromatic rings. The molecule has 0 amide bonds. The highest BCUT2D eigenvalue weighted by Gasteiger charge is 2.19. The molecule has 0 saturated heterocycles. The highest BCUT2D eigenvalue weighted by molar-refractivity contribution is 7.13. The third-order valence-corrected chi connectivity index (χ3v) is 4.27. The lowest BCUT2D eigenvalue weighted by Gasteiger charge is -2.29. The molecular weight excluding hydrogens is 240 g/mol. The average Bonchev–Trinajstić information content (AvgIpc) is 2.94. The van der Waals surface area contributed by atoms with E-state index in [1.807, 2.05) is 11.6 Å². The second-order valence-corrected chi connectivity index (χ2v) is 5.48. The topological polar surface area (TPSA) is 16.1 Å². The summed E-state index contributed by atoms with van der Waals surface area (Å²) in [6.45, 7) is 4.31. The molecule has 0 fully saturated rings. The van der Waals surface area contributed by atoms with E-state index < -0.39 is 0 Å². The fourth-order valence-corrected chi connectivity index (χ4v) is 3.04. The van der Waals surface area contributed by atoms with E-state index in [0.29, 0.717) is 0 Å². The fraction of sp³-hybridized carbons (Fsp3) is 0.267.